The van der Waals surface area contributed by atoms with E-state index in [0.717, 1.165) is 0 Å². The third kappa shape index (κ3) is 6.06. The summed E-state index contributed by atoms with van der Waals surface area (Å²) in [4.78, 5) is 45.4. The fourth-order valence-corrected chi connectivity index (χ4v) is 3.63. The highest BCUT2D eigenvalue weighted by molar-refractivity contribution is 5.95. The molecule has 3 aromatic rings. The van der Waals surface area contributed by atoms with Crippen LogP contribution in [0.5, 0.6) is 5.75 Å². The second kappa shape index (κ2) is 10.0. The second-order valence-electron chi connectivity index (χ2n) is 9.19. The lowest BCUT2D eigenvalue weighted by Gasteiger charge is -2.35. The highest BCUT2D eigenvalue weighted by Crippen LogP contribution is 2.21. The number of ether oxygens (including phenoxy) is 2. The van der Waals surface area contributed by atoms with Crippen molar-refractivity contribution < 1.29 is 23.9 Å². The normalized spacial score (nSPS) is 13.9. The standard InChI is InChI=1S/C26H28N4O5/c1-26(2,3)35-25(33)29-14-12-28(13-15-29)23(31)20-9-7-8-19(16-20)22-17-30(18-27-22)24(32)34-21-10-5-4-6-11-21/h4-11,16-18H,12-15H2,1-3H3. The highest BCUT2D eigenvalue weighted by atomic mass is 16.6. The summed E-state index contributed by atoms with van der Waals surface area (Å²) in [5.74, 6) is 0.311. The third-order valence-corrected chi connectivity index (χ3v) is 5.37. The van der Waals surface area contributed by atoms with Crippen LogP contribution in [-0.2, 0) is 4.74 Å². The van der Waals surface area contributed by atoms with Crippen LogP contribution < -0.4 is 4.74 Å². The van der Waals surface area contributed by atoms with Gasteiger partial charge in [-0.05, 0) is 45.0 Å². The fourth-order valence-electron chi connectivity index (χ4n) is 3.63. The van der Waals surface area contributed by atoms with Gasteiger partial charge in [0.25, 0.3) is 5.91 Å². The molecule has 0 atom stereocenters. The number of hydrogen-bond donors (Lipinski definition) is 0. The molecule has 0 saturated carbocycles. The Morgan fingerprint density at radius 3 is 2.23 bits per heavy atom. The summed E-state index contributed by atoms with van der Waals surface area (Å²) in [7, 11) is 0. The quantitative estimate of drug-likeness (QED) is 0.560. The molecule has 1 fully saturated rings. The van der Waals surface area contributed by atoms with Crippen LogP contribution in [0.25, 0.3) is 11.3 Å². The molecule has 1 aliphatic heterocycles. The number of rotatable bonds is 3. The first-order valence-electron chi connectivity index (χ1n) is 11.4. The van der Waals surface area contributed by atoms with E-state index in [-0.39, 0.29) is 12.0 Å². The zero-order valence-electron chi connectivity index (χ0n) is 20.0. The van der Waals surface area contributed by atoms with Crippen molar-refractivity contribution in [1.82, 2.24) is 19.4 Å². The van der Waals surface area contributed by atoms with Crippen LogP contribution in [-0.4, -0.2) is 69.2 Å². The van der Waals surface area contributed by atoms with Gasteiger partial charge in [0.1, 0.15) is 17.7 Å². The molecule has 2 heterocycles. The number of para-hydroxylation sites is 1. The van der Waals surface area contributed by atoms with Gasteiger partial charge < -0.3 is 19.3 Å². The fraction of sp³-hybridized carbons (Fsp3) is 0.308. The number of nitrogens with zero attached hydrogens (tertiary/aromatic N) is 4. The first-order valence-corrected chi connectivity index (χ1v) is 11.4. The Morgan fingerprint density at radius 1 is 0.857 bits per heavy atom. The molecule has 0 radical (unpaired) electrons. The molecule has 2 aromatic carbocycles. The van der Waals surface area contributed by atoms with Crippen molar-refractivity contribution in [3.63, 3.8) is 0 Å². The van der Waals surface area contributed by atoms with Gasteiger partial charge in [-0.15, -0.1) is 0 Å². The molecule has 2 amide bonds. The number of carbonyl (C=O) groups is 3. The van der Waals surface area contributed by atoms with Crippen LogP contribution in [0.3, 0.4) is 0 Å². The van der Waals surface area contributed by atoms with Crippen LogP contribution >= 0.6 is 0 Å². The van der Waals surface area contributed by atoms with E-state index in [1.165, 1.54) is 10.9 Å². The molecule has 1 aliphatic rings. The minimum Gasteiger partial charge on any atom is -0.444 e. The summed E-state index contributed by atoms with van der Waals surface area (Å²) >= 11 is 0. The van der Waals surface area contributed by atoms with Crippen molar-refractivity contribution in [1.29, 1.82) is 0 Å². The van der Waals surface area contributed by atoms with Crippen LogP contribution in [0.2, 0.25) is 0 Å². The van der Waals surface area contributed by atoms with E-state index in [9.17, 15) is 14.4 Å². The molecule has 0 aliphatic carbocycles. The number of benzene rings is 2. The summed E-state index contributed by atoms with van der Waals surface area (Å²) < 4.78 is 12.0. The van der Waals surface area contributed by atoms with Crippen LogP contribution in [0.15, 0.2) is 67.1 Å². The molecule has 1 saturated heterocycles. The average Bonchev–Trinajstić information content (AvgIpc) is 3.34. The number of hydrogen-bond acceptors (Lipinski definition) is 6. The van der Waals surface area contributed by atoms with Crippen molar-refractivity contribution in [3.8, 4) is 17.0 Å². The maximum Gasteiger partial charge on any atom is 0.424 e. The number of aromatic nitrogens is 2. The van der Waals surface area contributed by atoms with Crippen molar-refractivity contribution >= 4 is 18.1 Å². The summed E-state index contributed by atoms with van der Waals surface area (Å²) in [6, 6.07) is 15.9. The van der Waals surface area contributed by atoms with E-state index < -0.39 is 11.7 Å². The number of imidazole rings is 1. The molecule has 1 aromatic heterocycles. The first-order chi connectivity index (χ1) is 16.7. The van der Waals surface area contributed by atoms with E-state index in [1.807, 2.05) is 32.9 Å². The topological polar surface area (TPSA) is 94.0 Å². The molecule has 9 heteroatoms. The maximum absolute atomic E-state index is 13.1. The minimum atomic E-state index is -0.579. The highest BCUT2D eigenvalue weighted by Gasteiger charge is 2.28. The minimum absolute atomic E-state index is 0.126. The van der Waals surface area contributed by atoms with E-state index in [1.54, 1.807) is 58.5 Å². The Hall–Kier alpha value is -4.14. The van der Waals surface area contributed by atoms with Gasteiger partial charge in [-0.25, -0.2) is 19.1 Å². The molecule has 4 rings (SSSR count). The molecule has 35 heavy (non-hydrogen) atoms. The molecule has 0 unspecified atom stereocenters. The molecule has 0 N–H and O–H groups in total. The maximum atomic E-state index is 13.1. The molecular formula is C26H28N4O5. The Labute approximate surface area is 203 Å². The lowest BCUT2D eigenvalue weighted by atomic mass is 10.1. The van der Waals surface area contributed by atoms with Crippen molar-refractivity contribution in [3.05, 3.63) is 72.7 Å². The lowest BCUT2D eigenvalue weighted by molar-refractivity contribution is 0.0141. The third-order valence-electron chi connectivity index (χ3n) is 5.37. The van der Waals surface area contributed by atoms with Gasteiger partial charge in [-0.2, -0.15) is 0 Å². The SMILES string of the molecule is CC(C)(C)OC(=O)N1CCN(C(=O)c2cccc(-c3cn(C(=O)Oc4ccccc4)cn3)c2)CC1. The van der Waals surface area contributed by atoms with Crippen molar-refractivity contribution in [2.24, 2.45) is 0 Å². The van der Waals surface area contributed by atoms with E-state index in [4.69, 9.17) is 9.47 Å². The zero-order valence-corrected chi connectivity index (χ0v) is 20.0. The molecular weight excluding hydrogens is 448 g/mol. The number of amides is 2. The Morgan fingerprint density at radius 2 is 1.54 bits per heavy atom. The number of piperazine rings is 1. The summed E-state index contributed by atoms with van der Waals surface area (Å²) in [6.45, 7) is 7.14. The summed E-state index contributed by atoms with van der Waals surface area (Å²) in [5, 5.41) is 0. The molecule has 0 bridgehead atoms. The molecule has 9 nitrogen and oxygen atoms in total. The van der Waals surface area contributed by atoms with E-state index in [0.29, 0.717) is 48.7 Å². The first kappa shape index (κ1) is 24.0. The van der Waals surface area contributed by atoms with Gasteiger partial charge in [0, 0.05) is 43.5 Å². The Balaban J connectivity index is 1.39. The second-order valence-corrected chi connectivity index (χ2v) is 9.19. The van der Waals surface area contributed by atoms with Gasteiger partial charge in [0.15, 0.2) is 0 Å². The predicted octanol–water partition coefficient (Wildman–Crippen LogP) is 4.29. The van der Waals surface area contributed by atoms with Gasteiger partial charge in [-0.3, -0.25) is 4.79 Å². The van der Waals surface area contributed by atoms with Gasteiger partial charge in [0.05, 0.1) is 5.69 Å². The van der Waals surface area contributed by atoms with Crippen LogP contribution in [0, 0.1) is 0 Å². The van der Waals surface area contributed by atoms with Gasteiger partial charge >= 0.3 is 12.2 Å². The van der Waals surface area contributed by atoms with Crippen molar-refractivity contribution in [2.45, 2.75) is 26.4 Å². The van der Waals surface area contributed by atoms with E-state index in [2.05, 4.69) is 4.98 Å². The largest absolute Gasteiger partial charge is 0.444 e. The summed E-state index contributed by atoms with van der Waals surface area (Å²) in [5.41, 5.74) is 1.19. The number of carbonyl (C=O) groups excluding carboxylic acids is 3. The van der Waals surface area contributed by atoms with Crippen molar-refractivity contribution in [2.75, 3.05) is 26.2 Å². The summed E-state index contributed by atoms with van der Waals surface area (Å²) in [6.07, 6.45) is 2.00. The smallest absolute Gasteiger partial charge is 0.424 e. The van der Waals surface area contributed by atoms with E-state index >= 15 is 0 Å². The zero-order chi connectivity index (χ0) is 25.0. The Bertz CT molecular complexity index is 1210. The van der Waals surface area contributed by atoms with Crippen LogP contribution in [0.4, 0.5) is 9.59 Å². The van der Waals surface area contributed by atoms with Crippen LogP contribution in [0.1, 0.15) is 31.1 Å². The monoisotopic (exact) mass is 476 g/mol. The van der Waals surface area contributed by atoms with Gasteiger partial charge in [-0.1, -0.05) is 30.3 Å². The molecule has 182 valence electrons. The van der Waals surface area contributed by atoms with Gasteiger partial charge in [0.2, 0.25) is 0 Å². The predicted molar refractivity (Wildman–Crippen MR) is 129 cm³/mol. The lowest BCUT2D eigenvalue weighted by Crippen LogP contribution is -2.51. The average molecular weight is 477 g/mol. The Kier molecular flexibility index (Phi) is 6.86. The molecule has 0 spiro atoms.